The molecule has 0 N–H and O–H groups in total. The van der Waals surface area contributed by atoms with E-state index in [0.29, 0.717) is 0 Å². The summed E-state index contributed by atoms with van der Waals surface area (Å²) < 4.78 is 0. The molecule has 0 saturated heterocycles. The summed E-state index contributed by atoms with van der Waals surface area (Å²) in [5, 5.41) is 0.170. The van der Waals surface area contributed by atoms with Crippen LogP contribution in [0.25, 0.3) is 0 Å². The standard InChI is InChI=1S/C14H16OS/c15-14(11-12-7-3-1-4-8-12)16-13-9-5-2-6-10-13/h2,5-6,9-11H,1,3-4,7-8H2. The third kappa shape index (κ3) is 3.53. The van der Waals surface area contributed by atoms with Crippen LogP contribution in [-0.2, 0) is 4.79 Å². The quantitative estimate of drug-likeness (QED) is 0.561. The molecule has 84 valence electrons. The van der Waals surface area contributed by atoms with E-state index in [1.54, 1.807) is 0 Å². The highest BCUT2D eigenvalue weighted by molar-refractivity contribution is 8.14. The van der Waals surface area contributed by atoms with Crippen LogP contribution in [0.1, 0.15) is 32.1 Å². The van der Waals surface area contributed by atoms with Gasteiger partial charge >= 0.3 is 0 Å². The molecule has 1 saturated carbocycles. The van der Waals surface area contributed by atoms with Crippen molar-refractivity contribution in [1.82, 2.24) is 0 Å². The van der Waals surface area contributed by atoms with Gasteiger partial charge in [-0.2, -0.15) is 0 Å². The lowest BCUT2D eigenvalue weighted by Gasteiger charge is -2.12. The minimum Gasteiger partial charge on any atom is -0.282 e. The molecule has 0 heterocycles. The van der Waals surface area contributed by atoms with Crippen molar-refractivity contribution in [3.05, 3.63) is 42.0 Å². The molecule has 0 aliphatic heterocycles. The average molecular weight is 232 g/mol. The van der Waals surface area contributed by atoms with Crippen LogP contribution in [0.4, 0.5) is 0 Å². The maximum Gasteiger partial charge on any atom is 0.216 e. The van der Waals surface area contributed by atoms with Crippen molar-refractivity contribution >= 4 is 16.9 Å². The molecule has 0 radical (unpaired) electrons. The summed E-state index contributed by atoms with van der Waals surface area (Å²) in [6, 6.07) is 9.84. The van der Waals surface area contributed by atoms with Gasteiger partial charge in [-0.1, -0.05) is 30.2 Å². The molecule has 1 nitrogen and oxygen atoms in total. The number of carbonyl (C=O) groups excluding carboxylic acids is 1. The molecule has 2 rings (SSSR count). The van der Waals surface area contributed by atoms with Gasteiger partial charge in [0.15, 0.2) is 0 Å². The van der Waals surface area contributed by atoms with Gasteiger partial charge in [-0.25, -0.2) is 0 Å². The van der Waals surface area contributed by atoms with E-state index in [9.17, 15) is 4.79 Å². The molecular weight excluding hydrogens is 216 g/mol. The van der Waals surface area contributed by atoms with Crippen LogP contribution in [0, 0.1) is 0 Å². The first-order valence-corrected chi connectivity index (χ1v) is 6.62. The maximum absolute atomic E-state index is 11.8. The summed E-state index contributed by atoms with van der Waals surface area (Å²) in [5.74, 6) is 0. The Morgan fingerprint density at radius 1 is 1.06 bits per heavy atom. The predicted octanol–water partition coefficient (Wildman–Crippen LogP) is 4.20. The van der Waals surface area contributed by atoms with E-state index in [1.165, 1.54) is 36.6 Å². The second-order valence-corrected chi connectivity index (χ2v) is 5.18. The molecular formula is C14H16OS. The van der Waals surface area contributed by atoms with Crippen LogP contribution in [0.2, 0.25) is 0 Å². The highest BCUT2D eigenvalue weighted by atomic mass is 32.2. The van der Waals surface area contributed by atoms with Crippen molar-refractivity contribution in [2.75, 3.05) is 0 Å². The van der Waals surface area contributed by atoms with Crippen molar-refractivity contribution < 1.29 is 4.79 Å². The number of benzene rings is 1. The lowest BCUT2D eigenvalue weighted by molar-refractivity contribution is -0.107. The molecule has 1 aliphatic rings. The van der Waals surface area contributed by atoms with Gasteiger partial charge in [0, 0.05) is 4.90 Å². The minimum absolute atomic E-state index is 0.170. The van der Waals surface area contributed by atoms with Crippen LogP contribution in [0.5, 0.6) is 0 Å². The summed E-state index contributed by atoms with van der Waals surface area (Å²) in [6.07, 6.45) is 7.88. The van der Waals surface area contributed by atoms with Crippen molar-refractivity contribution in [2.24, 2.45) is 0 Å². The van der Waals surface area contributed by atoms with E-state index >= 15 is 0 Å². The Labute approximate surface area is 101 Å². The van der Waals surface area contributed by atoms with Crippen LogP contribution in [0.15, 0.2) is 46.9 Å². The van der Waals surface area contributed by atoms with Gasteiger partial charge in [-0.15, -0.1) is 0 Å². The number of hydrogen-bond donors (Lipinski definition) is 0. The van der Waals surface area contributed by atoms with Gasteiger partial charge in [0.05, 0.1) is 0 Å². The topological polar surface area (TPSA) is 17.1 Å². The lowest BCUT2D eigenvalue weighted by atomic mass is 9.95. The molecule has 1 fully saturated rings. The van der Waals surface area contributed by atoms with Crippen molar-refractivity contribution in [3.63, 3.8) is 0 Å². The number of hydrogen-bond acceptors (Lipinski definition) is 2. The summed E-state index contributed by atoms with van der Waals surface area (Å²) in [4.78, 5) is 12.8. The van der Waals surface area contributed by atoms with Gasteiger partial charge in [-0.3, -0.25) is 4.79 Å². The van der Waals surface area contributed by atoms with Crippen molar-refractivity contribution in [3.8, 4) is 0 Å². The van der Waals surface area contributed by atoms with Crippen molar-refractivity contribution in [2.45, 2.75) is 37.0 Å². The fourth-order valence-corrected chi connectivity index (χ4v) is 2.70. The molecule has 2 heteroatoms. The molecule has 0 aromatic heterocycles. The molecule has 16 heavy (non-hydrogen) atoms. The van der Waals surface area contributed by atoms with E-state index < -0.39 is 0 Å². The third-order valence-electron chi connectivity index (χ3n) is 2.78. The highest BCUT2D eigenvalue weighted by Gasteiger charge is 2.08. The van der Waals surface area contributed by atoms with Gasteiger partial charge < -0.3 is 0 Å². The first-order chi connectivity index (χ1) is 7.84. The molecule has 1 aromatic rings. The second-order valence-electron chi connectivity index (χ2n) is 4.10. The minimum atomic E-state index is 0.170. The summed E-state index contributed by atoms with van der Waals surface area (Å²) >= 11 is 1.32. The monoisotopic (exact) mass is 232 g/mol. The second kappa shape index (κ2) is 5.90. The van der Waals surface area contributed by atoms with Crippen LogP contribution >= 0.6 is 11.8 Å². The van der Waals surface area contributed by atoms with E-state index in [1.807, 2.05) is 36.4 Å². The summed E-state index contributed by atoms with van der Waals surface area (Å²) in [6.45, 7) is 0. The van der Waals surface area contributed by atoms with E-state index in [4.69, 9.17) is 0 Å². The first-order valence-electron chi connectivity index (χ1n) is 5.81. The molecule has 0 bridgehead atoms. The zero-order valence-corrected chi connectivity index (χ0v) is 10.1. The smallest absolute Gasteiger partial charge is 0.216 e. The third-order valence-corrected chi connectivity index (χ3v) is 3.61. The Morgan fingerprint density at radius 3 is 2.44 bits per heavy atom. The Bertz CT molecular complexity index is 373. The molecule has 1 aliphatic carbocycles. The molecule has 0 unspecified atom stereocenters. The highest BCUT2D eigenvalue weighted by Crippen LogP contribution is 2.25. The Balaban J connectivity index is 1.93. The Hall–Kier alpha value is -1.02. The number of carbonyl (C=O) groups is 1. The normalized spacial score (nSPS) is 15.9. The van der Waals surface area contributed by atoms with Gasteiger partial charge in [0.2, 0.25) is 5.12 Å². The Morgan fingerprint density at radius 2 is 1.75 bits per heavy atom. The molecule has 0 spiro atoms. The predicted molar refractivity (Wildman–Crippen MR) is 68.5 cm³/mol. The van der Waals surface area contributed by atoms with Crippen LogP contribution in [-0.4, -0.2) is 5.12 Å². The zero-order chi connectivity index (χ0) is 11.2. The molecule has 0 amide bonds. The van der Waals surface area contributed by atoms with E-state index in [0.717, 1.165) is 17.7 Å². The Kier molecular flexibility index (Phi) is 4.23. The van der Waals surface area contributed by atoms with Gasteiger partial charge in [0.25, 0.3) is 0 Å². The largest absolute Gasteiger partial charge is 0.282 e. The lowest BCUT2D eigenvalue weighted by Crippen LogP contribution is -1.96. The molecule has 0 atom stereocenters. The van der Waals surface area contributed by atoms with Crippen LogP contribution < -0.4 is 0 Å². The fraction of sp³-hybridized carbons (Fsp3) is 0.357. The number of thioether (sulfide) groups is 1. The van der Waals surface area contributed by atoms with E-state index in [-0.39, 0.29) is 5.12 Å². The first kappa shape index (κ1) is 11.5. The average Bonchev–Trinajstić information content (AvgIpc) is 2.31. The van der Waals surface area contributed by atoms with Crippen molar-refractivity contribution in [1.29, 1.82) is 0 Å². The SMILES string of the molecule is O=C(C=C1CCCCC1)Sc1ccccc1. The van der Waals surface area contributed by atoms with Gasteiger partial charge in [0.1, 0.15) is 0 Å². The maximum atomic E-state index is 11.8. The van der Waals surface area contributed by atoms with Gasteiger partial charge in [-0.05, 0) is 55.7 Å². The van der Waals surface area contributed by atoms with E-state index in [2.05, 4.69) is 0 Å². The van der Waals surface area contributed by atoms with Crippen LogP contribution in [0.3, 0.4) is 0 Å². The zero-order valence-electron chi connectivity index (χ0n) is 9.32. The molecule has 1 aromatic carbocycles. The number of rotatable bonds is 2. The fourth-order valence-electron chi connectivity index (χ4n) is 1.95. The summed E-state index contributed by atoms with van der Waals surface area (Å²) in [7, 11) is 0. The number of allylic oxidation sites excluding steroid dienone is 1. The summed E-state index contributed by atoms with van der Waals surface area (Å²) in [5.41, 5.74) is 1.33.